The second-order valence-electron chi connectivity index (χ2n) is 9.07. The van der Waals surface area contributed by atoms with Gasteiger partial charge >= 0.3 is 0 Å². The molecule has 8 heteroatoms. The van der Waals surface area contributed by atoms with Crippen LogP contribution in [0.25, 0.3) is 0 Å². The van der Waals surface area contributed by atoms with Gasteiger partial charge < -0.3 is 10.2 Å². The van der Waals surface area contributed by atoms with Gasteiger partial charge in [0.1, 0.15) is 12.6 Å². The molecule has 0 fully saturated rings. The van der Waals surface area contributed by atoms with Crippen molar-refractivity contribution in [1.29, 1.82) is 0 Å². The van der Waals surface area contributed by atoms with Gasteiger partial charge in [0.2, 0.25) is 11.8 Å². The highest BCUT2D eigenvalue weighted by Gasteiger charge is 2.34. The van der Waals surface area contributed by atoms with Crippen LogP contribution in [-0.2, 0) is 32.6 Å². The minimum atomic E-state index is -4.07. The van der Waals surface area contributed by atoms with Gasteiger partial charge in [-0.05, 0) is 61.6 Å². The van der Waals surface area contributed by atoms with Crippen LogP contribution in [0.15, 0.2) is 83.8 Å². The van der Waals surface area contributed by atoms with E-state index in [-0.39, 0.29) is 17.3 Å². The molecule has 38 heavy (non-hydrogen) atoms. The SMILES string of the molecule is CCNC(=O)C(CC)N(Cc1ccccc1C)C(=O)CN(c1ccccc1CC)S(=O)(=O)c1ccccc1. The lowest BCUT2D eigenvalue weighted by atomic mass is 10.1. The van der Waals surface area contributed by atoms with E-state index < -0.39 is 28.5 Å². The number of nitrogens with zero attached hydrogens (tertiary/aromatic N) is 2. The van der Waals surface area contributed by atoms with Crippen LogP contribution >= 0.6 is 0 Å². The summed E-state index contributed by atoms with van der Waals surface area (Å²) in [4.78, 5) is 28.7. The molecule has 0 heterocycles. The number of carbonyl (C=O) groups is 2. The molecule has 3 rings (SSSR count). The average Bonchev–Trinajstić information content (AvgIpc) is 2.93. The van der Waals surface area contributed by atoms with E-state index in [1.54, 1.807) is 30.3 Å². The Morgan fingerprint density at radius 2 is 1.45 bits per heavy atom. The molecular formula is C30H37N3O4S. The summed E-state index contributed by atoms with van der Waals surface area (Å²) in [7, 11) is -4.07. The molecule has 0 saturated carbocycles. The summed E-state index contributed by atoms with van der Waals surface area (Å²) in [6, 6.07) is 22.2. The number of carbonyl (C=O) groups excluding carboxylic acids is 2. The summed E-state index contributed by atoms with van der Waals surface area (Å²) >= 11 is 0. The Balaban J connectivity index is 2.10. The first-order valence-corrected chi connectivity index (χ1v) is 14.5. The smallest absolute Gasteiger partial charge is 0.264 e. The van der Waals surface area contributed by atoms with Crippen LogP contribution in [0.1, 0.15) is 43.9 Å². The summed E-state index contributed by atoms with van der Waals surface area (Å²) in [5, 5.41) is 2.83. The zero-order chi connectivity index (χ0) is 27.7. The molecule has 7 nitrogen and oxygen atoms in total. The van der Waals surface area contributed by atoms with Crippen LogP contribution in [0.5, 0.6) is 0 Å². The van der Waals surface area contributed by atoms with E-state index in [2.05, 4.69) is 5.32 Å². The molecule has 3 aromatic rings. The average molecular weight is 536 g/mol. The van der Waals surface area contributed by atoms with E-state index in [4.69, 9.17) is 0 Å². The normalized spacial score (nSPS) is 12.0. The molecule has 0 aliphatic carbocycles. The number of aryl methyl sites for hydroxylation is 2. The molecule has 202 valence electrons. The van der Waals surface area contributed by atoms with E-state index in [1.807, 2.05) is 64.1 Å². The second-order valence-corrected chi connectivity index (χ2v) is 10.9. The third-order valence-corrected chi connectivity index (χ3v) is 8.36. The van der Waals surface area contributed by atoms with Gasteiger partial charge in [-0.2, -0.15) is 0 Å². The third-order valence-electron chi connectivity index (χ3n) is 6.59. The maximum atomic E-state index is 14.1. The Morgan fingerprint density at radius 1 is 0.842 bits per heavy atom. The molecule has 0 radical (unpaired) electrons. The van der Waals surface area contributed by atoms with Gasteiger partial charge in [-0.1, -0.05) is 74.5 Å². The fraction of sp³-hybridized carbons (Fsp3) is 0.333. The molecule has 0 aliphatic heterocycles. The van der Waals surface area contributed by atoms with Crippen molar-refractivity contribution in [2.45, 2.75) is 58.0 Å². The van der Waals surface area contributed by atoms with E-state index in [0.29, 0.717) is 25.1 Å². The minimum absolute atomic E-state index is 0.0972. The third kappa shape index (κ3) is 6.61. The largest absolute Gasteiger partial charge is 0.355 e. The standard InChI is InChI=1S/C30H37N3O4S/c1-5-24-16-13-14-20-28(24)33(38(36,37)26-18-9-8-10-19-26)22-29(34)32(27(6-2)30(35)31-7-3)21-25-17-12-11-15-23(25)4/h8-20,27H,5-7,21-22H2,1-4H3,(H,31,35). The van der Waals surface area contributed by atoms with Crippen molar-refractivity contribution in [2.75, 3.05) is 17.4 Å². The van der Waals surface area contributed by atoms with Crippen molar-refractivity contribution in [3.05, 3.63) is 95.6 Å². The number of amides is 2. The Hall–Kier alpha value is -3.65. The van der Waals surface area contributed by atoms with Crippen LogP contribution in [0.3, 0.4) is 0 Å². The fourth-order valence-electron chi connectivity index (χ4n) is 4.47. The predicted molar refractivity (Wildman–Crippen MR) is 151 cm³/mol. The number of benzene rings is 3. The number of para-hydroxylation sites is 1. The van der Waals surface area contributed by atoms with Crippen molar-refractivity contribution in [2.24, 2.45) is 0 Å². The van der Waals surface area contributed by atoms with Crippen LogP contribution in [0.4, 0.5) is 5.69 Å². The lowest BCUT2D eigenvalue weighted by Gasteiger charge is -2.34. The summed E-state index contributed by atoms with van der Waals surface area (Å²) in [6.07, 6.45) is 0.981. The predicted octanol–water partition coefficient (Wildman–Crippen LogP) is 4.70. The Labute approximate surface area is 226 Å². The van der Waals surface area contributed by atoms with Crippen LogP contribution in [0, 0.1) is 6.92 Å². The van der Waals surface area contributed by atoms with E-state index in [9.17, 15) is 18.0 Å². The molecule has 1 unspecified atom stereocenters. The van der Waals surface area contributed by atoms with Crippen molar-refractivity contribution in [1.82, 2.24) is 10.2 Å². The number of sulfonamides is 1. The lowest BCUT2D eigenvalue weighted by molar-refractivity contribution is -0.140. The molecule has 1 atom stereocenters. The van der Waals surface area contributed by atoms with Gasteiger partial charge in [0, 0.05) is 13.1 Å². The molecule has 0 spiro atoms. The number of rotatable bonds is 12. The van der Waals surface area contributed by atoms with Gasteiger partial charge in [-0.15, -0.1) is 0 Å². The van der Waals surface area contributed by atoms with Gasteiger partial charge in [-0.25, -0.2) is 8.42 Å². The zero-order valence-electron chi connectivity index (χ0n) is 22.6. The van der Waals surface area contributed by atoms with Crippen molar-refractivity contribution >= 4 is 27.5 Å². The van der Waals surface area contributed by atoms with Crippen LogP contribution in [-0.4, -0.2) is 44.3 Å². The first-order valence-electron chi connectivity index (χ1n) is 13.0. The maximum absolute atomic E-state index is 14.1. The summed E-state index contributed by atoms with van der Waals surface area (Å²) in [6.45, 7) is 7.76. The van der Waals surface area contributed by atoms with Crippen LogP contribution in [0.2, 0.25) is 0 Å². The number of likely N-dealkylation sites (N-methyl/N-ethyl adjacent to an activating group) is 1. The second kappa shape index (κ2) is 13.2. The summed E-state index contributed by atoms with van der Waals surface area (Å²) in [5.41, 5.74) is 3.14. The maximum Gasteiger partial charge on any atom is 0.264 e. The molecular weight excluding hydrogens is 498 g/mol. The Morgan fingerprint density at radius 3 is 2.05 bits per heavy atom. The number of hydrogen-bond donors (Lipinski definition) is 1. The molecule has 3 aromatic carbocycles. The molecule has 0 aliphatic rings. The van der Waals surface area contributed by atoms with E-state index in [1.165, 1.54) is 21.3 Å². The Kier molecular flexibility index (Phi) is 10.1. The summed E-state index contributed by atoms with van der Waals surface area (Å²) < 4.78 is 29.0. The quantitative estimate of drug-likeness (QED) is 0.364. The van der Waals surface area contributed by atoms with Crippen LogP contribution < -0.4 is 9.62 Å². The number of nitrogens with one attached hydrogen (secondary N) is 1. The van der Waals surface area contributed by atoms with Gasteiger partial charge in [0.25, 0.3) is 10.0 Å². The van der Waals surface area contributed by atoms with E-state index >= 15 is 0 Å². The zero-order valence-corrected chi connectivity index (χ0v) is 23.4. The topological polar surface area (TPSA) is 86.8 Å². The monoisotopic (exact) mass is 535 g/mol. The summed E-state index contributed by atoms with van der Waals surface area (Å²) in [5.74, 6) is -0.708. The first-order chi connectivity index (χ1) is 18.2. The van der Waals surface area contributed by atoms with Gasteiger partial charge in [0.15, 0.2) is 0 Å². The highest BCUT2D eigenvalue weighted by atomic mass is 32.2. The number of hydrogen-bond acceptors (Lipinski definition) is 4. The fourth-order valence-corrected chi connectivity index (χ4v) is 5.94. The van der Waals surface area contributed by atoms with E-state index in [0.717, 1.165) is 16.7 Å². The number of anilines is 1. The molecule has 2 amide bonds. The highest BCUT2D eigenvalue weighted by Crippen LogP contribution is 2.28. The lowest BCUT2D eigenvalue weighted by Crippen LogP contribution is -2.52. The van der Waals surface area contributed by atoms with Gasteiger partial charge in [0.05, 0.1) is 10.6 Å². The highest BCUT2D eigenvalue weighted by molar-refractivity contribution is 7.92. The first kappa shape index (κ1) is 28.9. The molecule has 1 N–H and O–H groups in total. The molecule has 0 aromatic heterocycles. The minimum Gasteiger partial charge on any atom is -0.355 e. The molecule has 0 saturated heterocycles. The molecule has 0 bridgehead atoms. The van der Waals surface area contributed by atoms with Crippen molar-refractivity contribution < 1.29 is 18.0 Å². The van der Waals surface area contributed by atoms with Crippen molar-refractivity contribution in [3.63, 3.8) is 0 Å². The van der Waals surface area contributed by atoms with Crippen molar-refractivity contribution in [3.8, 4) is 0 Å². The Bertz CT molecular complexity index is 1340. The van der Waals surface area contributed by atoms with Gasteiger partial charge in [-0.3, -0.25) is 13.9 Å².